The van der Waals surface area contributed by atoms with Crippen molar-refractivity contribution in [2.24, 2.45) is 0 Å². The quantitative estimate of drug-likeness (QED) is 0.833. The van der Waals surface area contributed by atoms with Gasteiger partial charge in [-0.05, 0) is 26.7 Å². The van der Waals surface area contributed by atoms with E-state index in [-0.39, 0.29) is 18.0 Å². The zero-order valence-corrected chi connectivity index (χ0v) is 11.5. The van der Waals surface area contributed by atoms with Gasteiger partial charge in [-0.15, -0.1) is 0 Å². The number of methoxy groups -OCH3 is 1. The molecule has 104 valence electrons. The summed E-state index contributed by atoms with van der Waals surface area (Å²) in [6.07, 6.45) is 2.33. The molecule has 1 aromatic rings. The minimum atomic E-state index is -0.531. The van der Waals surface area contributed by atoms with Gasteiger partial charge in [0.2, 0.25) is 5.82 Å². The van der Waals surface area contributed by atoms with Crippen LogP contribution in [0.15, 0.2) is 6.07 Å². The van der Waals surface area contributed by atoms with Gasteiger partial charge in [-0.3, -0.25) is 0 Å². The Balaban J connectivity index is 2.10. The third-order valence-corrected chi connectivity index (χ3v) is 3.12. The number of aromatic nitrogens is 2. The largest absolute Gasteiger partial charge is 0.463 e. The lowest BCUT2D eigenvalue weighted by Gasteiger charge is -2.20. The van der Waals surface area contributed by atoms with Gasteiger partial charge in [0.05, 0.1) is 19.3 Å². The van der Waals surface area contributed by atoms with Crippen LogP contribution < -0.4 is 5.32 Å². The zero-order valence-electron chi connectivity index (χ0n) is 11.5. The van der Waals surface area contributed by atoms with Gasteiger partial charge in [0, 0.05) is 18.4 Å². The number of esters is 1. The van der Waals surface area contributed by atoms with Crippen molar-refractivity contribution in [1.82, 2.24) is 9.97 Å². The molecule has 0 spiro atoms. The fourth-order valence-electron chi connectivity index (χ4n) is 2.15. The molecule has 0 aliphatic carbocycles. The maximum Gasteiger partial charge on any atom is 0.376 e. The molecular formula is C13H19N3O3. The van der Waals surface area contributed by atoms with Crippen LogP contribution in [0.25, 0.3) is 0 Å². The average Bonchev–Trinajstić information content (AvgIpc) is 2.91. The lowest BCUT2D eigenvalue weighted by atomic mass is 10.1. The monoisotopic (exact) mass is 265 g/mol. The van der Waals surface area contributed by atoms with Crippen LogP contribution in [-0.4, -0.2) is 41.8 Å². The number of nitrogens with one attached hydrogen (secondary N) is 1. The molecule has 1 aromatic heterocycles. The van der Waals surface area contributed by atoms with Crippen LogP contribution in [-0.2, 0) is 9.47 Å². The van der Waals surface area contributed by atoms with Crippen LogP contribution in [0.2, 0.25) is 0 Å². The third-order valence-electron chi connectivity index (χ3n) is 3.12. The summed E-state index contributed by atoms with van der Waals surface area (Å²) in [6.45, 7) is 4.67. The number of carbonyl (C=O) groups is 1. The Bertz CT molecular complexity index is 458. The Morgan fingerprint density at radius 3 is 3.00 bits per heavy atom. The van der Waals surface area contributed by atoms with Crippen LogP contribution in [0.5, 0.6) is 0 Å². The first-order valence-electron chi connectivity index (χ1n) is 6.42. The average molecular weight is 265 g/mol. The smallest absolute Gasteiger partial charge is 0.376 e. The molecule has 1 fully saturated rings. The van der Waals surface area contributed by atoms with Gasteiger partial charge in [0.1, 0.15) is 5.82 Å². The fourth-order valence-corrected chi connectivity index (χ4v) is 2.15. The second kappa shape index (κ2) is 5.97. The van der Waals surface area contributed by atoms with Gasteiger partial charge in [0.15, 0.2) is 0 Å². The number of hydrogen-bond donors (Lipinski definition) is 1. The molecule has 0 saturated carbocycles. The van der Waals surface area contributed by atoms with Crippen LogP contribution in [0.1, 0.15) is 36.1 Å². The summed E-state index contributed by atoms with van der Waals surface area (Å²) in [5, 5.41) is 3.26. The van der Waals surface area contributed by atoms with Gasteiger partial charge >= 0.3 is 5.97 Å². The summed E-state index contributed by atoms with van der Waals surface area (Å²) >= 11 is 0. The van der Waals surface area contributed by atoms with Crippen molar-refractivity contribution in [3.05, 3.63) is 17.6 Å². The van der Waals surface area contributed by atoms with E-state index in [4.69, 9.17) is 4.74 Å². The van der Waals surface area contributed by atoms with E-state index < -0.39 is 5.97 Å². The van der Waals surface area contributed by atoms with Crippen molar-refractivity contribution in [3.63, 3.8) is 0 Å². The molecule has 1 saturated heterocycles. The number of anilines is 1. The lowest BCUT2D eigenvalue weighted by molar-refractivity contribution is 0.0586. The van der Waals surface area contributed by atoms with Gasteiger partial charge in [-0.1, -0.05) is 0 Å². The van der Waals surface area contributed by atoms with Crippen LogP contribution in [0, 0.1) is 6.92 Å². The van der Waals surface area contributed by atoms with E-state index >= 15 is 0 Å². The van der Waals surface area contributed by atoms with E-state index in [9.17, 15) is 4.79 Å². The first kappa shape index (κ1) is 13.7. The normalized spacial score (nSPS) is 20.1. The standard InChI is InChI=1S/C13H19N3O3/c1-8-7-11(16-12(14-8)13(17)18-3)15-9(2)10-5-4-6-19-10/h7,9-10H,4-6H2,1-3H3,(H,14,15,16). The Kier molecular flexibility index (Phi) is 4.31. The summed E-state index contributed by atoms with van der Waals surface area (Å²) in [5.41, 5.74) is 0.720. The van der Waals surface area contributed by atoms with Crippen LogP contribution in [0.3, 0.4) is 0 Å². The predicted molar refractivity (Wildman–Crippen MR) is 70.2 cm³/mol. The molecule has 2 heterocycles. The molecule has 1 N–H and O–H groups in total. The van der Waals surface area contributed by atoms with Crippen molar-refractivity contribution in [2.45, 2.75) is 38.8 Å². The molecule has 0 radical (unpaired) electrons. The summed E-state index contributed by atoms with van der Waals surface area (Å²) < 4.78 is 10.3. The number of aryl methyl sites for hydroxylation is 1. The SMILES string of the molecule is COC(=O)c1nc(C)cc(NC(C)C2CCCO2)n1. The predicted octanol–water partition coefficient (Wildman–Crippen LogP) is 1.55. The highest BCUT2D eigenvalue weighted by Gasteiger charge is 2.23. The van der Waals surface area contributed by atoms with Crippen molar-refractivity contribution in [3.8, 4) is 0 Å². The molecule has 19 heavy (non-hydrogen) atoms. The van der Waals surface area contributed by atoms with Crippen molar-refractivity contribution in [1.29, 1.82) is 0 Å². The van der Waals surface area contributed by atoms with Gasteiger partial charge in [-0.25, -0.2) is 14.8 Å². The Morgan fingerprint density at radius 1 is 1.58 bits per heavy atom. The first-order chi connectivity index (χ1) is 9.10. The third kappa shape index (κ3) is 3.41. The molecule has 1 aliphatic rings. The second-order valence-corrected chi connectivity index (χ2v) is 4.69. The van der Waals surface area contributed by atoms with Crippen LogP contribution in [0.4, 0.5) is 5.82 Å². The molecule has 1 aliphatic heterocycles. The Hall–Kier alpha value is -1.69. The zero-order chi connectivity index (χ0) is 13.8. The maximum atomic E-state index is 11.5. The number of hydrogen-bond acceptors (Lipinski definition) is 6. The van der Waals surface area contributed by atoms with Crippen molar-refractivity contribution < 1.29 is 14.3 Å². The molecule has 0 amide bonds. The summed E-state index contributed by atoms with van der Waals surface area (Å²) in [4.78, 5) is 19.7. The number of nitrogens with zero attached hydrogens (tertiary/aromatic N) is 2. The first-order valence-corrected chi connectivity index (χ1v) is 6.42. The van der Waals surface area contributed by atoms with Gasteiger partial charge in [0.25, 0.3) is 0 Å². The number of ether oxygens (including phenoxy) is 2. The fraction of sp³-hybridized carbons (Fsp3) is 0.615. The topological polar surface area (TPSA) is 73.3 Å². The second-order valence-electron chi connectivity index (χ2n) is 4.69. The van der Waals surface area contributed by atoms with E-state index in [1.165, 1.54) is 7.11 Å². The van der Waals surface area contributed by atoms with Gasteiger partial charge < -0.3 is 14.8 Å². The minimum absolute atomic E-state index is 0.0736. The van der Waals surface area contributed by atoms with E-state index in [0.29, 0.717) is 5.82 Å². The number of rotatable bonds is 4. The molecule has 2 rings (SSSR count). The molecule has 6 nitrogen and oxygen atoms in total. The van der Waals surface area contributed by atoms with E-state index in [1.54, 1.807) is 6.07 Å². The summed E-state index contributed by atoms with van der Waals surface area (Å²) in [5.74, 6) is 0.164. The van der Waals surface area contributed by atoms with E-state index in [0.717, 1.165) is 25.1 Å². The van der Waals surface area contributed by atoms with Crippen molar-refractivity contribution >= 4 is 11.8 Å². The highest BCUT2D eigenvalue weighted by molar-refractivity contribution is 5.85. The number of carbonyl (C=O) groups excluding carboxylic acids is 1. The van der Waals surface area contributed by atoms with Gasteiger partial charge in [-0.2, -0.15) is 0 Å². The molecule has 2 atom stereocenters. The Labute approximate surface area is 112 Å². The highest BCUT2D eigenvalue weighted by atomic mass is 16.5. The minimum Gasteiger partial charge on any atom is -0.463 e. The summed E-state index contributed by atoms with van der Waals surface area (Å²) in [7, 11) is 1.32. The highest BCUT2D eigenvalue weighted by Crippen LogP contribution is 2.18. The molecule has 6 heteroatoms. The summed E-state index contributed by atoms with van der Waals surface area (Å²) in [6, 6.07) is 1.94. The molecular weight excluding hydrogens is 246 g/mol. The van der Waals surface area contributed by atoms with Crippen molar-refractivity contribution in [2.75, 3.05) is 19.0 Å². The molecule has 0 aromatic carbocycles. The van der Waals surface area contributed by atoms with E-state index in [2.05, 4.69) is 20.0 Å². The van der Waals surface area contributed by atoms with Crippen LogP contribution >= 0.6 is 0 Å². The lowest BCUT2D eigenvalue weighted by Crippen LogP contribution is -2.30. The van der Waals surface area contributed by atoms with E-state index in [1.807, 2.05) is 13.8 Å². The molecule has 0 bridgehead atoms. The Morgan fingerprint density at radius 2 is 2.37 bits per heavy atom. The molecule has 2 unspecified atom stereocenters. The maximum absolute atomic E-state index is 11.5.